The fourth-order valence-corrected chi connectivity index (χ4v) is 1.12. The van der Waals surface area contributed by atoms with E-state index in [9.17, 15) is 12.8 Å². The van der Waals surface area contributed by atoms with Crippen LogP contribution in [0.3, 0.4) is 0 Å². The molecule has 0 saturated carbocycles. The monoisotopic (exact) mass is 227 g/mol. The predicted octanol–water partition coefficient (Wildman–Crippen LogP) is 1.15. The smallest absolute Gasteiger partial charge is 0.264 e. The van der Waals surface area contributed by atoms with Gasteiger partial charge in [-0.05, 0) is 19.3 Å². The van der Waals surface area contributed by atoms with Crippen LogP contribution in [0.15, 0.2) is 12.7 Å². The van der Waals surface area contributed by atoms with Gasteiger partial charge in [-0.1, -0.05) is 6.08 Å². The van der Waals surface area contributed by atoms with Gasteiger partial charge >= 0.3 is 0 Å². The van der Waals surface area contributed by atoms with Crippen LogP contribution in [-0.2, 0) is 10.1 Å². The topological polar surface area (TPSA) is 80.4 Å². The van der Waals surface area contributed by atoms with Gasteiger partial charge in [-0.15, -0.1) is 6.58 Å². The van der Waals surface area contributed by atoms with E-state index in [0.29, 0.717) is 25.8 Å². The Balaban J connectivity index is 0. The Labute approximate surface area is 84.7 Å². The van der Waals surface area contributed by atoms with Gasteiger partial charge in [0, 0.05) is 6.54 Å². The molecular weight excluding hydrogens is 209 g/mol. The van der Waals surface area contributed by atoms with Crippen LogP contribution < -0.4 is 5.73 Å². The van der Waals surface area contributed by atoms with Crippen molar-refractivity contribution in [3.05, 3.63) is 12.7 Å². The molecule has 0 rings (SSSR count). The van der Waals surface area contributed by atoms with Crippen molar-refractivity contribution in [2.75, 3.05) is 19.0 Å². The molecule has 14 heavy (non-hydrogen) atoms. The summed E-state index contributed by atoms with van der Waals surface area (Å²) in [7, 11) is -3.83. The highest BCUT2D eigenvalue weighted by Gasteiger charge is 2.02. The van der Waals surface area contributed by atoms with Crippen molar-refractivity contribution in [1.82, 2.24) is 0 Å². The van der Waals surface area contributed by atoms with Crippen LogP contribution in [0.1, 0.15) is 19.3 Å². The Bertz CT molecular complexity index is 217. The van der Waals surface area contributed by atoms with Crippen molar-refractivity contribution in [1.29, 1.82) is 0 Å². The van der Waals surface area contributed by atoms with Crippen molar-refractivity contribution < 1.29 is 17.4 Å². The molecular formula is C8H18FNO3S. The number of nitrogens with two attached hydrogens (primary N) is 1. The van der Waals surface area contributed by atoms with Gasteiger partial charge in [-0.2, -0.15) is 8.42 Å². The lowest BCUT2D eigenvalue weighted by Crippen LogP contribution is -2.03. The van der Waals surface area contributed by atoms with Crippen LogP contribution in [0.4, 0.5) is 4.39 Å². The third-order valence-electron chi connectivity index (χ3n) is 1.20. The molecule has 4 nitrogen and oxygen atoms in total. The molecule has 0 aliphatic heterocycles. The molecule has 0 radical (unpaired) electrons. The quantitative estimate of drug-likeness (QED) is 0.405. The van der Waals surface area contributed by atoms with E-state index in [1.165, 1.54) is 0 Å². The Morgan fingerprint density at radius 2 is 1.86 bits per heavy atom. The minimum absolute atomic E-state index is 0.257. The van der Waals surface area contributed by atoms with E-state index in [-0.39, 0.29) is 5.75 Å². The number of rotatable bonds is 6. The molecule has 6 heteroatoms. The zero-order chi connectivity index (χ0) is 11.4. The highest BCUT2D eigenvalue weighted by Crippen LogP contribution is 1.97. The van der Waals surface area contributed by atoms with Crippen LogP contribution in [0.5, 0.6) is 0 Å². The average molecular weight is 227 g/mol. The zero-order valence-electron chi connectivity index (χ0n) is 8.15. The summed E-state index contributed by atoms with van der Waals surface area (Å²) in [6.45, 7) is 3.51. The van der Waals surface area contributed by atoms with Gasteiger partial charge in [-0.25, -0.2) is 0 Å². The fraction of sp³-hybridized carbons (Fsp3) is 0.750. The molecule has 0 amide bonds. The minimum Gasteiger partial charge on any atom is -0.327 e. The third-order valence-corrected chi connectivity index (χ3v) is 2.01. The lowest BCUT2D eigenvalue weighted by molar-refractivity contribution is 0.452. The molecule has 3 N–H and O–H groups in total. The Kier molecular flexibility index (Phi) is 12.1. The first-order chi connectivity index (χ1) is 6.47. The number of halogens is 1. The summed E-state index contributed by atoms with van der Waals surface area (Å²) >= 11 is 0. The molecule has 0 bridgehead atoms. The third kappa shape index (κ3) is 22.5. The normalized spacial score (nSPS) is 10.2. The van der Waals surface area contributed by atoms with Crippen molar-refractivity contribution in [2.24, 2.45) is 5.73 Å². The molecule has 0 aromatic heterocycles. The van der Waals surface area contributed by atoms with Gasteiger partial charge in [0.25, 0.3) is 10.1 Å². The molecule has 0 aromatic rings. The summed E-state index contributed by atoms with van der Waals surface area (Å²) in [4.78, 5) is 0. The number of hydrogen-bond donors (Lipinski definition) is 2. The maximum absolute atomic E-state index is 11.4. The van der Waals surface area contributed by atoms with E-state index in [0.717, 1.165) is 0 Å². The standard InChI is InChI=1S/C5H11FO3S.C3H7N/c6-4-2-1-3-5-10(7,8)9;1-2-3-4/h1-5H2,(H,7,8,9);2H,1,3-4H2. The van der Waals surface area contributed by atoms with Gasteiger partial charge in [0.05, 0.1) is 12.4 Å². The summed E-state index contributed by atoms with van der Waals surface area (Å²) in [5.41, 5.74) is 4.91. The molecule has 86 valence electrons. The van der Waals surface area contributed by atoms with Crippen LogP contribution in [0.2, 0.25) is 0 Å². The van der Waals surface area contributed by atoms with Gasteiger partial charge in [0.1, 0.15) is 0 Å². The summed E-state index contributed by atoms with van der Waals surface area (Å²) in [5, 5.41) is 0. The first-order valence-corrected chi connectivity index (χ1v) is 5.91. The second-order valence-corrected chi connectivity index (χ2v) is 4.13. The number of unbranched alkanes of at least 4 members (excludes halogenated alkanes) is 2. The minimum atomic E-state index is -3.83. The molecule has 0 unspecified atom stereocenters. The molecule has 0 aliphatic carbocycles. The van der Waals surface area contributed by atoms with Gasteiger partial charge < -0.3 is 5.73 Å². The molecule has 0 heterocycles. The first-order valence-electron chi connectivity index (χ1n) is 4.30. The van der Waals surface area contributed by atoms with E-state index in [1.807, 2.05) is 0 Å². The van der Waals surface area contributed by atoms with Crippen LogP contribution in [0.25, 0.3) is 0 Å². The molecule has 0 aliphatic rings. The van der Waals surface area contributed by atoms with E-state index >= 15 is 0 Å². The van der Waals surface area contributed by atoms with E-state index < -0.39 is 16.8 Å². The van der Waals surface area contributed by atoms with Crippen molar-refractivity contribution in [3.8, 4) is 0 Å². The summed E-state index contributed by atoms with van der Waals surface area (Å²) in [6.07, 6.45) is 2.87. The predicted molar refractivity (Wildman–Crippen MR) is 55.5 cm³/mol. The summed E-state index contributed by atoms with van der Waals surface area (Å²) < 4.78 is 39.7. The highest BCUT2D eigenvalue weighted by atomic mass is 32.2. The SMILES string of the molecule is C=CCN.O=S(=O)(O)CCCCCF. The van der Waals surface area contributed by atoms with E-state index in [1.54, 1.807) is 6.08 Å². The zero-order valence-corrected chi connectivity index (χ0v) is 8.97. The molecule has 0 saturated heterocycles. The molecule has 0 spiro atoms. The second kappa shape index (κ2) is 10.6. The molecule has 0 fully saturated rings. The highest BCUT2D eigenvalue weighted by molar-refractivity contribution is 7.85. The second-order valence-electron chi connectivity index (χ2n) is 2.56. The Morgan fingerprint density at radius 3 is 2.14 bits per heavy atom. The summed E-state index contributed by atoms with van der Waals surface area (Å²) in [6, 6.07) is 0. The van der Waals surface area contributed by atoms with Crippen LogP contribution in [0, 0.1) is 0 Å². The summed E-state index contributed by atoms with van der Waals surface area (Å²) in [5.74, 6) is -0.257. The van der Waals surface area contributed by atoms with E-state index in [2.05, 4.69) is 6.58 Å². The van der Waals surface area contributed by atoms with Crippen molar-refractivity contribution in [3.63, 3.8) is 0 Å². The Morgan fingerprint density at radius 1 is 1.36 bits per heavy atom. The average Bonchev–Trinajstić information content (AvgIpc) is 2.11. The maximum Gasteiger partial charge on any atom is 0.264 e. The first kappa shape index (κ1) is 16.0. The molecule has 0 atom stereocenters. The molecule has 0 aromatic carbocycles. The van der Waals surface area contributed by atoms with Gasteiger partial charge in [0.2, 0.25) is 0 Å². The fourth-order valence-electron chi connectivity index (χ4n) is 0.556. The number of hydrogen-bond acceptors (Lipinski definition) is 3. The largest absolute Gasteiger partial charge is 0.327 e. The van der Waals surface area contributed by atoms with Crippen LogP contribution in [-0.4, -0.2) is 31.9 Å². The maximum atomic E-state index is 11.4. The lowest BCUT2D eigenvalue weighted by Gasteiger charge is -1.94. The number of alkyl halides is 1. The van der Waals surface area contributed by atoms with Crippen molar-refractivity contribution >= 4 is 10.1 Å². The Hall–Kier alpha value is -0.460. The van der Waals surface area contributed by atoms with Gasteiger partial charge in [-0.3, -0.25) is 8.94 Å². The van der Waals surface area contributed by atoms with E-state index in [4.69, 9.17) is 10.3 Å². The lowest BCUT2D eigenvalue weighted by atomic mass is 10.3. The van der Waals surface area contributed by atoms with Crippen molar-refractivity contribution in [2.45, 2.75) is 19.3 Å². The van der Waals surface area contributed by atoms with Crippen LogP contribution >= 0.6 is 0 Å². The van der Waals surface area contributed by atoms with Gasteiger partial charge in [0.15, 0.2) is 0 Å².